The quantitative estimate of drug-likeness (QED) is 0.263. The van der Waals surface area contributed by atoms with Gasteiger partial charge in [0.2, 0.25) is 0 Å². The minimum Gasteiger partial charge on any atom is -0.364 e. The number of thiocarbonyl (C=S) groups is 1. The summed E-state index contributed by atoms with van der Waals surface area (Å²) in [7, 11) is 3.71. The first-order valence-corrected chi connectivity index (χ1v) is 8.40. The zero-order valence-electron chi connectivity index (χ0n) is 14.7. The van der Waals surface area contributed by atoms with Gasteiger partial charge >= 0.3 is 0 Å². The molecule has 0 aliphatic carbocycles. The first-order chi connectivity index (χ1) is 11.6. The first-order valence-electron chi connectivity index (χ1n) is 7.55. The predicted octanol–water partition coefficient (Wildman–Crippen LogP) is 5.44. The van der Waals surface area contributed by atoms with Crippen LogP contribution >= 0.6 is 24.8 Å². The fourth-order valence-corrected chi connectivity index (χ4v) is 1.15. The third kappa shape index (κ3) is 22.7. The standard InChI is InChI=1S/3C6H6.C3H7NS2.Sn/c3*1-2-4-6-5-3-1;1-4(2)3(5)6;/h3*1-6H;1-2H3,(H,5,6);. The third-order valence-electron chi connectivity index (χ3n) is 2.38. The molecular formula is C21H25NS2Sn. The Hall–Kier alpha value is -1.30. The summed E-state index contributed by atoms with van der Waals surface area (Å²) in [5.74, 6) is 0. The van der Waals surface area contributed by atoms with E-state index in [4.69, 9.17) is 0 Å². The molecule has 4 heteroatoms. The van der Waals surface area contributed by atoms with Crippen LogP contribution in [-0.2, 0) is 0 Å². The monoisotopic (exact) mass is 475 g/mol. The average Bonchev–Trinajstić information content (AvgIpc) is 2.67. The van der Waals surface area contributed by atoms with Gasteiger partial charge in [-0.15, -0.1) is 12.6 Å². The molecule has 3 aromatic rings. The second-order valence-electron chi connectivity index (χ2n) is 4.64. The summed E-state index contributed by atoms with van der Waals surface area (Å²) in [6.45, 7) is 0. The second-order valence-corrected chi connectivity index (χ2v) is 5.75. The summed E-state index contributed by atoms with van der Waals surface area (Å²) in [6.07, 6.45) is 0. The predicted molar refractivity (Wildman–Crippen MR) is 120 cm³/mol. The summed E-state index contributed by atoms with van der Waals surface area (Å²) in [5.41, 5.74) is 0. The topological polar surface area (TPSA) is 3.24 Å². The average molecular weight is 474 g/mol. The van der Waals surface area contributed by atoms with Crippen molar-refractivity contribution in [1.82, 2.24) is 4.90 Å². The van der Waals surface area contributed by atoms with Crippen molar-refractivity contribution >= 4 is 53.1 Å². The number of thiol groups is 1. The van der Waals surface area contributed by atoms with Gasteiger partial charge in [-0.3, -0.25) is 0 Å². The van der Waals surface area contributed by atoms with Crippen LogP contribution in [-0.4, -0.2) is 47.2 Å². The van der Waals surface area contributed by atoms with Gasteiger partial charge in [0.25, 0.3) is 0 Å². The van der Waals surface area contributed by atoms with E-state index in [1.54, 1.807) is 4.90 Å². The molecule has 0 atom stereocenters. The molecule has 0 heterocycles. The number of hydrogen-bond acceptors (Lipinski definition) is 1. The maximum absolute atomic E-state index is 4.61. The molecule has 0 bridgehead atoms. The number of nitrogens with zero attached hydrogens (tertiary/aromatic N) is 1. The van der Waals surface area contributed by atoms with Crippen LogP contribution < -0.4 is 0 Å². The van der Waals surface area contributed by atoms with Crippen LogP contribution in [0.25, 0.3) is 0 Å². The summed E-state index contributed by atoms with van der Waals surface area (Å²) < 4.78 is 0.620. The van der Waals surface area contributed by atoms with E-state index >= 15 is 0 Å². The molecule has 0 aromatic heterocycles. The van der Waals surface area contributed by atoms with Crippen molar-refractivity contribution in [2.45, 2.75) is 0 Å². The van der Waals surface area contributed by atoms with Crippen molar-refractivity contribution in [3.8, 4) is 0 Å². The minimum atomic E-state index is 0. The van der Waals surface area contributed by atoms with Crippen molar-refractivity contribution in [2.75, 3.05) is 14.1 Å². The molecule has 4 radical (unpaired) electrons. The number of rotatable bonds is 0. The van der Waals surface area contributed by atoms with Crippen LogP contribution in [0.1, 0.15) is 0 Å². The summed E-state index contributed by atoms with van der Waals surface area (Å²) in [4.78, 5) is 1.76. The molecule has 3 rings (SSSR count). The van der Waals surface area contributed by atoms with E-state index in [-0.39, 0.29) is 23.9 Å². The van der Waals surface area contributed by atoms with Gasteiger partial charge in [-0.25, -0.2) is 0 Å². The Labute approximate surface area is 180 Å². The van der Waals surface area contributed by atoms with Crippen molar-refractivity contribution in [2.24, 2.45) is 0 Å². The molecule has 0 unspecified atom stereocenters. The molecule has 0 spiro atoms. The van der Waals surface area contributed by atoms with E-state index < -0.39 is 0 Å². The van der Waals surface area contributed by atoms with Gasteiger partial charge in [0, 0.05) is 38.0 Å². The molecule has 1 nitrogen and oxygen atoms in total. The largest absolute Gasteiger partial charge is 0.364 e. The maximum Gasteiger partial charge on any atom is 0.132 e. The van der Waals surface area contributed by atoms with E-state index in [2.05, 4.69) is 24.8 Å². The molecule has 0 aliphatic rings. The molecule has 3 aromatic carbocycles. The van der Waals surface area contributed by atoms with Crippen LogP contribution in [0.3, 0.4) is 0 Å². The van der Waals surface area contributed by atoms with Crippen LogP contribution in [0.5, 0.6) is 0 Å². The Balaban J connectivity index is 0. The number of hydrogen-bond donors (Lipinski definition) is 1. The number of benzene rings is 3. The molecular weight excluding hydrogens is 449 g/mol. The Morgan fingerprint density at radius 1 is 0.520 bits per heavy atom. The van der Waals surface area contributed by atoms with E-state index in [0.29, 0.717) is 4.32 Å². The fourth-order valence-electron chi connectivity index (χ4n) is 1.15. The Morgan fingerprint density at radius 3 is 0.640 bits per heavy atom. The van der Waals surface area contributed by atoms with Crippen LogP contribution in [0.4, 0.5) is 0 Å². The molecule has 0 amide bonds. The Kier molecular flexibility index (Phi) is 21.5. The first kappa shape index (κ1) is 25.9. The van der Waals surface area contributed by atoms with Crippen LogP contribution in [0.15, 0.2) is 109 Å². The van der Waals surface area contributed by atoms with Crippen molar-refractivity contribution in [3.63, 3.8) is 0 Å². The fraction of sp³-hybridized carbons (Fsp3) is 0.0952. The zero-order valence-corrected chi connectivity index (χ0v) is 19.3. The third-order valence-corrected chi connectivity index (χ3v) is 3.15. The van der Waals surface area contributed by atoms with Gasteiger partial charge < -0.3 is 4.90 Å². The summed E-state index contributed by atoms with van der Waals surface area (Å²) in [6, 6.07) is 36.0. The van der Waals surface area contributed by atoms with E-state index in [1.165, 1.54) is 0 Å². The van der Waals surface area contributed by atoms with Gasteiger partial charge in [0.15, 0.2) is 0 Å². The zero-order chi connectivity index (χ0) is 17.9. The normalized spacial score (nSPS) is 7.64. The molecule has 25 heavy (non-hydrogen) atoms. The molecule has 0 saturated heterocycles. The molecule has 0 saturated carbocycles. The van der Waals surface area contributed by atoms with Crippen molar-refractivity contribution in [3.05, 3.63) is 109 Å². The minimum absolute atomic E-state index is 0. The Bertz CT molecular complexity index is 435. The molecule has 130 valence electrons. The summed E-state index contributed by atoms with van der Waals surface area (Å²) in [5, 5.41) is 0. The second kappa shape index (κ2) is 20.7. The SMILES string of the molecule is CN(C)C(=S)S.[Sn].c1ccccc1.c1ccccc1.c1ccccc1. The van der Waals surface area contributed by atoms with E-state index in [9.17, 15) is 0 Å². The van der Waals surface area contributed by atoms with Crippen LogP contribution in [0, 0.1) is 0 Å². The molecule has 0 N–H and O–H groups in total. The van der Waals surface area contributed by atoms with E-state index in [0.717, 1.165) is 0 Å². The van der Waals surface area contributed by atoms with E-state index in [1.807, 2.05) is 123 Å². The van der Waals surface area contributed by atoms with Gasteiger partial charge in [-0.2, -0.15) is 0 Å². The van der Waals surface area contributed by atoms with Gasteiger partial charge in [-0.05, 0) is 0 Å². The molecule has 0 aliphatic heterocycles. The van der Waals surface area contributed by atoms with Crippen LogP contribution in [0.2, 0.25) is 0 Å². The van der Waals surface area contributed by atoms with Gasteiger partial charge in [0.05, 0.1) is 0 Å². The molecule has 0 fully saturated rings. The van der Waals surface area contributed by atoms with Crippen molar-refractivity contribution in [1.29, 1.82) is 0 Å². The maximum atomic E-state index is 4.61. The smallest absolute Gasteiger partial charge is 0.132 e. The Morgan fingerprint density at radius 2 is 0.600 bits per heavy atom. The van der Waals surface area contributed by atoms with Crippen molar-refractivity contribution < 1.29 is 0 Å². The summed E-state index contributed by atoms with van der Waals surface area (Å²) >= 11 is 8.46. The van der Waals surface area contributed by atoms with Gasteiger partial charge in [-0.1, -0.05) is 121 Å². The van der Waals surface area contributed by atoms with Gasteiger partial charge in [0.1, 0.15) is 4.32 Å².